The van der Waals surface area contributed by atoms with E-state index in [0.29, 0.717) is 5.69 Å². The molecule has 0 atom stereocenters. The van der Waals surface area contributed by atoms with E-state index in [1.165, 1.54) is 0 Å². The van der Waals surface area contributed by atoms with Crippen LogP contribution >= 0.6 is 0 Å². The van der Waals surface area contributed by atoms with Gasteiger partial charge in [0.2, 0.25) is 5.69 Å². The summed E-state index contributed by atoms with van der Waals surface area (Å²) in [6.45, 7) is 11.0. The van der Waals surface area contributed by atoms with Gasteiger partial charge in [0, 0.05) is 67.4 Å². The summed E-state index contributed by atoms with van der Waals surface area (Å²) in [6, 6.07) is 72.5. The Morgan fingerprint density at radius 1 is 0.369 bits per heavy atom. The van der Waals surface area contributed by atoms with Crippen LogP contribution in [0.3, 0.4) is 0 Å². The number of fused-ring (bicyclic) bond motifs is 6. The predicted octanol–water partition coefficient (Wildman–Crippen LogP) is 15.9. The Bertz CT molecular complexity index is 3850. The lowest BCUT2D eigenvalue weighted by Crippen LogP contribution is -2.02. The molecule has 5 heteroatoms. The first-order valence-electron chi connectivity index (χ1n) is 21.8. The van der Waals surface area contributed by atoms with Crippen molar-refractivity contribution in [2.45, 2.75) is 6.92 Å². The number of hydrogen-bond acceptors (Lipinski definition) is 2. The Labute approximate surface area is 376 Å². The van der Waals surface area contributed by atoms with Crippen molar-refractivity contribution in [3.8, 4) is 67.3 Å². The van der Waals surface area contributed by atoms with Crippen LogP contribution in [0.1, 0.15) is 5.56 Å². The van der Waals surface area contributed by atoms with E-state index >= 15 is 0 Å². The molecule has 0 fully saturated rings. The van der Waals surface area contributed by atoms with Gasteiger partial charge in [-0.2, -0.15) is 0 Å². The molecule has 0 unspecified atom stereocenters. The Balaban J connectivity index is 1.09. The monoisotopic (exact) mass is 829 g/mol. The number of rotatable bonds is 7. The summed E-state index contributed by atoms with van der Waals surface area (Å²) in [5, 5.41) is 4.50. The van der Waals surface area contributed by atoms with Gasteiger partial charge in [-0.25, -0.2) is 4.85 Å². The second-order valence-electron chi connectivity index (χ2n) is 16.5. The molecule has 304 valence electrons. The molecule has 5 nitrogen and oxygen atoms in total. The molecule has 65 heavy (non-hydrogen) atoms. The highest BCUT2D eigenvalue weighted by molar-refractivity contribution is 6.13. The van der Waals surface area contributed by atoms with Gasteiger partial charge in [0.15, 0.2) is 0 Å². The fourth-order valence-electron chi connectivity index (χ4n) is 9.84. The van der Waals surface area contributed by atoms with Crippen molar-refractivity contribution in [3.05, 3.63) is 236 Å². The second kappa shape index (κ2) is 15.5. The standard InChI is InChI=1S/C60H39N5/c1-39-17-9-10-22-44(39)51-37-58(65-54-28-14-12-24-48(54)50-36-43(30-32-56(50)65)46-26-16-34-63-60(46)41-20-7-4-8-21-41)52(61-2)38-57(51)64-53-27-13-11-23-47(53)49-35-42(29-31-55(49)64)45-25-15-33-62-59(45)40-18-5-3-6-19-40/h3-38H,1H3. The first kappa shape index (κ1) is 37.9. The zero-order chi connectivity index (χ0) is 43.4. The smallest absolute Gasteiger partial charge is 0.212 e. The summed E-state index contributed by atoms with van der Waals surface area (Å²) >= 11 is 0. The molecule has 8 aromatic carbocycles. The highest BCUT2D eigenvalue weighted by Crippen LogP contribution is 2.45. The zero-order valence-corrected chi connectivity index (χ0v) is 35.5. The molecule has 0 radical (unpaired) electrons. The van der Waals surface area contributed by atoms with Crippen molar-refractivity contribution in [1.29, 1.82) is 0 Å². The minimum atomic E-state index is 0.563. The van der Waals surface area contributed by atoms with Gasteiger partial charge >= 0.3 is 0 Å². The first-order valence-corrected chi connectivity index (χ1v) is 21.8. The Hall–Kier alpha value is -8.85. The predicted molar refractivity (Wildman–Crippen MR) is 269 cm³/mol. The van der Waals surface area contributed by atoms with Crippen molar-refractivity contribution in [2.24, 2.45) is 0 Å². The molecule has 0 aliphatic heterocycles. The molecule has 0 bridgehead atoms. The number of para-hydroxylation sites is 2. The molecule has 4 heterocycles. The van der Waals surface area contributed by atoms with E-state index in [2.05, 4.69) is 203 Å². The molecule has 0 amide bonds. The summed E-state index contributed by atoms with van der Waals surface area (Å²) in [5.41, 5.74) is 18.2. The van der Waals surface area contributed by atoms with Gasteiger partial charge in [0.25, 0.3) is 0 Å². The summed E-state index contributed by atoms with van der Waals surface area (Å²) in [5.74, 6) is 0. The van der Waals surface area contributed by atoms with E-state index < -0.39 is 0 Å². The topological polar surface area (TPSA) is 40.0 Å². The molecule has 12 rings (SSSR count). The SMILES string of the molecule is [C-]#[N+]c1cc(-n2c3ccccc3c3cc(-c4cccnc4-c4ccccc4)ccc32)c(-c2ccccc2C)cc1-n1c2ccccc2c2cc(-c3cccnc3-c3ccccc3)ccc21. The highest BCUT2D eigenvalue weighted by Gasteiger charge is 2.23. The Kier molecular flexibility index (Phi) is 9.03. The average Bonchev–Trinajstić information content (AvgIpc) is 3.88. The average molecular weight is 830 g/mol. The van der Waals surface area contributed by atoms with Gasteiger partial charge in [-0.3, -0.25) is 9.97 Å². The molecule has 0 N–H and O–H groups in total. The lowest BCUT2D eigenvalue weighted by atomic mass is 9.96. The fraction of sp³-hybridized carbons (Fsp3) is 0.0167. The van der Waals surface area contributed by atoms with Crippen molar-refractivity contribution in [1.82, 2.24) is 19.1 Å². The number of benzene rings is 8. The second-order valence-corrected chi connectivity index (χ2v) is 16.5. The maximum absolute atomic E-state index is 8.82. The van der Waals surface area contributed by atoms with E-state index in [1.54, 1.807) is 0 Å². The molecule has 0 saturated heterocycles. The number of aromatic nitrogens is 4. The molecule has 0 aliphatic carbocycles. The van der Waals surface area contributed by atoms with Crippen molar-refractivity contribution in [3.63, 3.8) is 0 Å². The van der Waals surface area contributed by atoms with Gasteiger partial charge in [0.1, 0.15) is 0 Å². The van der Waals surface area contributed by atoms with Crippen LogP contribution in [0.25, 0.3) is 116 Å². The van der Waals surface area contributed by atoms with E-state index in [-0.39, 0.29) is 0 Å². The van der Waals surface area contributed by atoms with Crippen LogP contribution in [0.2, 0.25) is 0 Å². The van der Waals surface area contributed by atoms with Crippen molar-refractivity contribution < 1.29 is 0 Å². The van der Waals surface area contributed by atoms with E-state index in [1.807, 2.05) is 36.7 Å². The van der Waals surface area contributed by atoms with Crippen LogP contribution in [-0.4, -0.2) is 19.1 Å². The molecule has 4 aromatic heterocycles. The van der Waals surface area contributed by atoms with Gasteiger partial charge in [-0.1, -0.05) is 146 Å². The van der Waals surface area contributed by atoms with E-state index in [0.717, 1.165) is 116 Å². The van der Waals surface area contributed by atoms with Crippen LogP contribution in [0, 0.1) is 13.5 Å². The molecule has 12 aromatic rings. The summed E-state index contributed by atoms with van der Waals surface area (Å²) < 4.78 is 4.64. The fourth-order valence-corrected chi connectivity index (χ4v) is 9.84. The largest absolute Gasteiger partial charge is 0.319 e. The number of aryl methyl sites for hydroxylation is 1. The molecule has 0 saturated carbocycles. The molecular formula is C60H39N5. The highest BCUT2D eigenvalue weighted by atomic mass is 15.0. The molecule has 0 aliphatic rings. The van der Waals surface area contributed by atoms with Gasteiger partial charge in [-0.05, 0) is 89.8 Å². The van der Waals surface area contributed by atoms with Crippen LogP contribution in [0.4, 0.5) is 5.69 Å². The first-order chi connectivity index (χ1) is 32.1. The van der Waals surface area contributed by atoms with Crippen LogP contribution < -0.4 is 0 Å². The summed E-state index contributed by atoms with van der Waals surface area (Å²) in [6.07, 6.45) is 3.72. The van der Waals surface area contributed by atoms with Crippen LogP contribution in [0.15, 0.2) is 219 Å². The summed E-state index contributed by atoms with van der Waals surface area (Å²) in [7, 11) is 0. The lowest BCUT2D eigenvalue weighted by molar-refractivity contribution is 1.15. The van der Waals surface area contributed by atoms with E-state index in [4.69, 9.17) is 16.5 Å². The van der Waals surface area contributed by atoms with Gasteiger partial charge < -0.3 is 9.13 Å². The van der Waals surface area contributed by atoms with Gasteiger partial charge in [0.05, 0.1) is 45.7 Å². The van der Waals surface area contributed by atoms with Gasteiger partial charge in [-0.15, -0.1) is 0 Å². The normalized spacial score (nSPS) is 11.4. The minimum absolute atomic E-state index is 0.563. The third kappa shape index (κ3) is 6.23. The molecular weight excluding hydrogens is 791 g/mol. The number of nitrogens with zero attached hydrogens (tertiary/aromatic N) is 5. The van der Waals surface area contributed by atoms with E-state index in [9.17, 15) is 0 Å². The zero-order valence-electron chi connectivity index (χ0n) is 35.5. The summed E-state index contributed by atoms with van der Waals surface area (Å²) in [4.78, 5) is 14.0. The number of pyridine rings is 2. The third-order valence-electron chi connectivity index (χ3n) is 12.8. The van der Waals surface area contributed by atoms with Crippen molar-refractivity contribution >= 4 is 49.3 Å². The maximum Gasteiger partial charge on any atom is 0.212 e. The van der Waals surface area contributed by atoms with Crippen molar-refractivity contribution in [2.75, 3.05) is 0 Å². The van der Waals surface area contributed by atoms with Crippen LogP contribution in [-0.2, 0) is 0 Å². The number of hydrogen-bond donors (Lipinski definition) is 0. The minimum Gasteiger partial charge on any atom is -0.319 e. The Morgan fingerprint density at radius 2 is 0.831 bits per heavy atom. The lowest BCUT2D eigenvalue weighted by Gasteiger charge is -2.20. The molecule has 0 spiro atoms. The third-order valence-corrected chi connectivity index (χ3v) is 12.8. The Morgan fingerprint density at radius 3 is 1.37 bits per heavy atom. The quantitative estimate of drug-likeness (QED) is 0.150. The maximum atomic E-state index is 8.82. The van der Waals surface area contributed by atoms with Crippen LogP contribution in [0.5, 0.6) is 0 Å².